The third kappa shape index (κ3) is 5.68. The highest BCUT2D eigenvalue weighted by atomic mass is 32.1. The van der Waals surface area contributed by atoms with Crippen molar-refractivity contribution in [1.82, 2.24) is 10.4 Å². The molecule has 6 nitrogen and oxygen atoms in total. The fourth-order valence-corrected chi connectivity index (χ4v) is 4.67. The maximum Gasteiger partial charge on any atom is 0.271 e. The van der Waals surface area contributed by atoms with Gasteiger partial charge in [0, 0.05) is 33.1 Å². The molecule has 0 atom stereocenters. The van der Waals surface area contributed by atoms with E-state index < -0.39 is 0 Å². The summed E-state index contributed by atoms with van der Waals surface area (Å²) in [6, 6.07) is 27.4. The van der Waals surface area contributed by atoms with Crippen LogP contribution in [0.5, 0.6) is 5.75 Å². The van der Waals surface area contributed by atoms with E-state index in [0.29, 0.717) is 12.2 Å². The molecule has 0 radical (unpaired) electrons. The van der Waals surface area contributed by atoms with Crippen LogP contribution in [0.25, 0.3) is 22.0 Å². The topological polar surface area (TPSA) is 75.6 Å². The molecule has 0 spiro atoms. The van der Waals surface area contributed by atoms with E-state index >= 15 is 0 Å². The molecule has 0 aliphatic rings. The van der Waals surface area contributed by atoms with Crippen molar-refractivity contribution in [3.8, 4) is 17.0 Å². The summed E-state index contributed by atoms with van der Waals surface area (Å²) in [6.45, 7) is 4.62. The Bertz CT molecular complexity index is 1560. The first-order chi connectivity index (χ1) is 18.1. The number of aromatic nitrogens is 1. The predicted molar refractivity (Wildman–Crippen MR) is 152 cm³/mol. The Balaban J connectivity index is 1.24. The molecule has 7 heteroatoms. The summed E-state index contributed by atoms with van der Waals surface area (Å²) >= 11 is 1.54. The maximum atomic E-state index is 12.6. The lowest BCUT2D eigenvalue weighted by Gasteiger charge is -2.09. The highest BCUT2D eigenvalue weighted by Crippen LogP contribution is 2.29. The van der Waals surface area contributed by atoms with Gasteiger partial charge in [-0.25, -0.2) is 10.4 Å². The molecule has 1 amide bonds. The van der Waals surface area contributed by atoms with Crippen molar-refractivity contribution in [3.05, 3.63) is 107 Å². The molecule has 0 aliphatic carbocycles. The molecule has 1 aromatic heterocycles. The molecule has 0 unspecified atom stereocenters. The van der Waals surface area contributed by atoms with Gasteiger partial charge in [-0.05, 0) is 55.6 Å². The number of ether oxygens (including phenoxy) is 1. The fraction of sp³-hybridized carbons (Fsp3) is 0.100. The van der Waals surface area contributed by atoms with Gasteiger partial charge in [0.15, 0.2) is 5.13 Å². The van der Waals surface area contributed by atoms with Crippen LogP contribution in [0.4, 0.5) is 10.8 Å². The van der Waals surface area contributed by atoms with Gasteiger partial charge in [0.2, 0.25) is 0 Å². The fourth-order valence-electron chi connectivity index (χ4n) is 3.93. The number of aryl methyl sites for hydroxylation is 1. The van der Waals surface area contributed by atoms with Crippen LogP contribution in [0.1, 0.15) is 28.4 Å². The number of anilines is 2. The summed E-state index contributed by atoms with van der Waals surface area (Å²) in [5.74, 6) is 0.551. The molecule has 5 aromatic rings. The minimum atomic E-state index is -0.280. The highest BCUT2D eigenvalue weighted by molar-refractivity contribution is 7.14. The molecule has 0 saturated carbocycles. The second-order valence-corrected chi connectivity index (χ2v) is 9.30. The zero-order valence-corrected chi connectivity index (χ0v) is 21.4. The van der Waals surface area contributed by atoms with Gasteiger partial charge in [-0.2, -0.15) is 5.10 Å². The van der Waals surface area contributed by atoms with E-state index in [4.69, 9.17) is 4.74 Å². The number of carbonyl (C=O) groups excluding carboxylic acids is 1. The molecule has 4 aromatic carbocycles. The van der Waals surface area contributed by atoms with Crippen LogP contribution in [0, 0.1) is 6.92 Å². The number of benzene rings is 4. The molecule has 0 aliphatic heterocycles. The minimum absolute atomic E-state index is 0.280. The Hall–Kier alpha value is -4.49. The lowest BCUT2D eigenvalue weighted by molar-refractivity contribution is 0.0955. The van der Waals surface area contributed by atoms with E-state index in [1.807, 2.05) is 73.0 Å². The van der Waals surface area contributed by atoms with Gasteiger partial charge in [0.05, 0.1) is 18.5 Å². The van der Waals surface area contributed by atoms with E-state index in [0.717, 1.165) is 44.2 Å². The third-order valence-electron chi connectivity index (χ3n) is 5.84. The van der Waals surface area contributed by atoms with Gasteiger partial charge in [-0.1, -0.05) is 54.1 Å². The van der Waals surface area contributed by atoms with Crippen molar-refractivity contribution in [3.63, 3.8) is 0 Å². The van der Waals surface area contributed by atoms with Crippen LogP contribution in [0.15, 0.2) is 95.4 Å². The molecule has 2 N–H and O–H groups in total. The maximum absolute atomic E-state index is 12.6. The summed E-state index contributed by atoms with van der Waals surface area (Å²) < 4.78 is 5.73. The standard InChI is InChI=1S/C30H26N4O2S/c1-3-36-28-17-14-23(25-6-4-5-7-26(25)28)18-31-34-29(35)22-12-10-21(11-13-22)27-19-37-30(33-27)32-24-15-8-20(2)9-16-24/h4-19H,3H2,1-2H3,(H,32,33)(H,34,35)/b31-18-. The van der Waals surface area contributed by atoms with Gasteiger partial charge in [-0.15, -0.1) is 11.3 Å². The van der Waals surface area contributed by atoms with E-state index in [9.17, 15) is 4.79 Å². The summed E-state index contributed by atoms with van der Waals surface area (Å²) in [5, 5.41) is 12.3. The second-order valence-electron chi connectivity index (χ2n) is 8.44. The Kier molecular flexibility index (Phi) is 7.23. The Morgan fingerprint density at radius 1 is 0.973 bits per heavy atom. The number of thiazole rings is 1. The van der Waals surface area contributed by atoms with E-state index in [1.165, 1.54) is 16.9 Å². The van der Waals surface area contributed by atoms with Crippen molar-refractivity contribution in [1.29, 1.82) is 0 Å². The normalized spacial score (nSPS) is 11.1. The average Bonchev–Trinajstić information content (AvgIpc) is 3.40. The Labute approximate surface area is 219 Å². The smallest absolute Gasteiger partial charge is 0.271 e. The number of hydrazone groups is 1. The second kappa shape index (κ2) is 11.1. The lowest BCUT2D eigenvalue weighted by Crippen LogP contribution is -2.17. The van der Waals surface area contributed by atoms with E-state index in [-0.39, 0.29) is 5.91 Å². The molecule has 184 valence electrons. The summed E-state index contributed by atoms with van der Waals surface area (Å²) in [7, 11) is 0. The number of nitrogens with zero attached hydrogens (tertiary/aromatic N) is 2. The van der Waals surface area contributed by atoms with Crippen molar-refractivity contribution in [2.24, 2.45) is 5.10 Å². The number of fused-ring (bicyclic) bond motifs is 1. The number of nitrogens with one attached hydrogen (secondary N) is 2. The summed E-state index contributed by atoms with van der Waals surface area (Å²) in [5.41, 5.74) is 8.04. The highest BCUT2D eigenvalue weighted by Gasteiger charge is 2.09. The quantitative estimate of drug-likeness (QED) is 0.173. The SMILES string of the molecule is CCOc1ccc(/C=N\NC(=O)c2ccc(-c3csc(Nc4ccc(C)cc4)n3)cc2)c2ccccc12. The summed E-state index contributed by atoms with van der Waals surface area (Å²) in [6.07, 6.45) is 1.65. The number of carbonyl (C=O) groups is 1. The van der Waals surface area contributed by atoms with Crippen LogP contribution >= 0.6 is 11.3 Å². The van der Waals surface area contributed by atoms with E-state index in [1.54, 1.807) is 18.3 Å². The number of hydrogen-bond acceptors (Lipinski definition) is 6. The van der Waals surface area contributed by atoms with Gasteiger partial charge in [0.1, 0.15) is 5.75 Å². The van der Waals surface area contributed by atoms with Gasteiger partial charge in [-0.3, -0.25) is 4.79 Å². The molecule has 1 heterocycles. The van der Waals surface area contributed by atoms with Crippen molar-refractivity contribution in [2.75, 3.05) is 11.9 Å². The van der Waals surface area contributed by atoms with Crippen molar-refractivity contribution < 1.29 is 9.53 Å². The molecule has 37 heavy (non-hydrogen) atoms. The van der Waals surface area contributed by atoms with Gasteiger partial charge < -0.3 is 10.1 Å². The van der Waals surface area contributed by atoms with Crippen molar-refractivity contribution >= 4 is 45.0 Å². The number of amides is 1. The molecule has 0 saturated heterocycles. The average molecular weight is 507 g/mol. The monoisotopic (exact) mass is 506 g/mol. The number of rotatable bonds is 8. The zero-order valence-electron chi connectivity index (χ0n) is 20.6. The van der Waals surface area contributed by atoms with Crippen LogP contribution < -0.4 is 15.5 Å². The predicted octanol–water partition coefficient (Wildman–Crippen LogP) is 7.18. The van der Waals surface area contributed by atoms with Crippen LogP contribution in [0.2, 0.25) is 0 Å². The van der Waals surface area contributed by atoms with E-state index in [2.05, 4.69) is 39.9 Å². The number of hydrogen-bond donors (Lipinski definition) is 2. The Morgan fingerprint density at radius 3 is 2.49 bits per heavy atom. The van der Waals surface area contributed by atoms with Crippen LogP contribution in [-0.4, -0.2) is 23.7 Å². The Morgan fingerprint density at radius 2 is 1.73 bits per heavy atom. The van der Waals surface area contributed by atoms with Gasteiger partial charge >= 0.3 is 0 Å². The van der Waals surface area contributed by atoms with Crippen LogP contribution in [-0.2, 0) is 0 Å². The molecule has 5 rings (SSSR count). The first-order valence-corrected chi connectivity index (χ1v) is 12.9. The largest absolute Gasteiger partial charge is 0.493 e. The molecular formula is C30H26N4O2S. The molecular weight excluding hydrogens is 480 g/mol. The summed E-state index contributed by atoms with van der Waals surface area (Å²) in [4.78, 5) is 17.3. The third-order valence-corrected chi connectivity index (χ3v) is 6.59. The van der Waals surface area contributed by atoms with Crippen LogP contribution in [0.3, 0.4) is 0 Å². The first kappa shape index (κ1) is 24.2. The van der Waals surface area contributed by atoms with Gasteiger partial charge in [0.25, 0.3) is 5.91 Å². The zero-order chi connectivity index (χ0) is 25.6. The molecule has 0 fully saturated rings. The van der Waals surface area contributed by atoms with Crippen molar-refractivity contribution in [2.45, 2.75) is 13.8 Å². The molecule has 0 bridgehead atoms. The lowest BCUT2D eigenvalue weighted by atomic mass is 10.0. The first-order valence-electron chi connectivity index (χ1n) is 12.0. The minimum Gasteiger partial charge on any atom is -0.493 e.